The number of carbonyl (C=O) groups excluding carboxylic acids is 2. The Morgan fingerprint density at radius 3 is 2.64 bits per heavy atom. The molecule has 1 aliphatic rings. The Bertz CT molecular complexity index is 679. The van der Waals surface area contributed by atoms with Crippen molar-refractivity contribution in [1.82, 2.24) is 9.62 Å². The highest BCUT2D eigenvalue weighted by Crippen LogP contribution is 2.26. The van der Waals surface area contributed by atoms with Crippen LogP contribution in [0.25, 0.3) is 0 Å². The van der Waals surface area contributed by atoms with Crippen LogP contribution in [0.3, 0.4) is 0 Å². The van der Waals surface area contributed by atoms with Crippen molar-refractivity contribution >= 4 is 33.2 Å². The SMILES string of the molecule is CC[C@@H](C)NC(=O)COC(=O)C1CCN(S(=O)(=O)c2cccs2)CC1. The van der Waals surface area contributed by atoms with Crippen LogP contribution >= 0.6 is 11.3 Å². The Morgan fingerprint density at radius 2 is 2.08 bits per heavy atom. The highest BCUT2D eigenvalue weighted by Gasteiger charge is 2.33. The number of nitrogens with one attached hydrogen (secondary N) is 1. The molecule has 0 spiro atoms. The second-order valence-electron chi connectivity index (χ2n) is 6.09. The number of carbonyl (C=O) groups is 2. The van der Waals surface area contributed by atoms with Crippen LogP contribution in [-0.4, -0.2) is 50.3 Å². The zero-order chi connectivity index (χ0) is 18.4. The number of sulfonamides is 1. The van der Waals surface area contributed by atoms with Gasteiger partial charge in [0.1, 0.15) is 4.21 Å². The van der Waals surface area contributed by atoms with E-state index in [4.69, 9.17) is 4.74 Å². The summed E-state index contributed by atoms with van der Waals surface area (Å²) in [6, 6.07) is 3.32. The first-order valence-corrected chi connectivity index (χ1v) is 10.7. The predicted molar refractivity (Wildman–Crippen MR) is 94.7 cm³/mol. The number of piperidine rings is 1. The Balaban J connectivity index is 1.80. The van der Waals surface area contributed by atoms with Crippen molar-refractivity contribution in [2.45, 2.75) is 43.4 Å². The fourth-order valence-electron chi connectivity index (χ4n) is 2.54. The molecule has 0 saturated carbocycles. The van der Waals surface area contributed by atoms with E-state index in [1.807, 2.05) is 13.8 Å². The summed E-state index contributed by atoms with van der Waals surface area (Å²) in [6.45, 7) is 4.09. The lowest BCUT2D eigenvalue weighted by atomic mass is 9.98. The van der Waals surface area contributed by atoms with E-state index < -0.39 is 16.0 Å². The van der Waals surface area contributed by atoms with Crippen molar-refractivity contribution in [3.05, 3.63) is 17.5 Å². The summed E-state index contributed by atoms with van der Waals surface area (Å²) in [5.41, 5.74) is 0. The molecular weight excluding hydrogens is 364 g/mol. The Morgan fingerprint density at radius 1 is 1.40 bits per heavy atom. The van der Waals surface area contributed by atoms with Gasteiger partial charge in [0.2, 0.25) is 0 Å². The molecule has 7 nitrogen and oxygen atoms in total. The minimum Gasteiger partial charge on any atom is -0.455 e. The van der Waals surface area contributed by atoms with Crippen LogP contribution < -0.4 is 5.32 Å². The van der Waals surface area contributed by atoms with Gasteiger partial charge in [-0.2, -0.15) is 4.31 Å². The highest BCUT2D eigenvalue weighted by atomic mass is 32.2. The summed E-state index contributed by atoms with van der Waals surface area (Å²) < 4.78 is 31.7. The first-order valence-electron chi connectivity index (χ1n) is 8.34. The molecular formula is C16H24N2O5S2. The van der Waals surface area contributed by atoms with Crippen LogP contribution in [-0.2, 0) is 24.3 Å². The van der Waals surface area contributed by atoms with E-state index in [0.29, 0.717) is 17.1 Å². The van der Waals surface area contributed by atoms with Gasteiger partial charge >= 0.3 is 5.97 Å². The third kappa shape index (κ3) is 5.26. The molecule has 2 heterocycles. The van der Waals surface area contributed by atoms with Crippen LogP contribution in [0.5, 0.6) is 0 Å². The third-order valence-corrected chi connectivity index (χ3v) is 7.51. The maximum Gasteiger partial charge on any atom is 0.309 e. The Labute approximate surface area is 152 Å². The van der Waals surface area contributed by atoms with Gasteiger partial charge in [-0.25, -0.2) is 8.42 Å². The Hall–Kier alpha value is -1.45. The van der Waals surface area contributed by atoms with Crippen molar-refractivity contribution in [1.29, 1.82) is 0 Å². The molecule has 0 radical (unpaired) electrons. The van der Waals surface area contributed by atoms with Crippen LogP contribution in [0.1, 0.15) is 33.1 Å². The van der Waals surface area contributed by atoms with E-state index in [-0.39, 0.29) is 37.6 Å². The standard InChI is InChI=1S/C16H24N2O5S2/c1-3-12(2)17-14(19)11-23-16(20)13-6-8-18(9-7-13)25(21,22)15-5-4-10-24-15/h4-5,10,12-13H,3,6-9,11H2,1-2H3,(H,17,19)/t12-/m1/s1. The number of ether oxygens (including phenoxy) is 1. The molecule has 1 aromatic rings. The minimum atomic E-state index is -3.47. The van der Waals surface area contributed by atoms with Crippen LogP contribution in [0.15, 0.2) is 21.7 Å². The van der Waals surface area contributed by atoms with Crippen molar-refractivity contribution in [2.75, 3.05) is 19.7 Å². The number of nitrogens with zero attached hydrogens (tertiary/aromatic N) is 1. The molecule has 0 aromatic carbocycles. The topological polar surface area (TPSA) is 92.8 Å². The van der Waals surface area contributed by atoms with Gasteiger partial charge in [0.25, 0.3) is 15.9 Å². The van der Waals surface area contributed by atoms with Crippen LogP contribution in [0.2, 0.25) is 0 Å². The molecule has 1 aliphatic heterocycles. The average molecular weight is 389 g/mol. The fourth-order valence-corrected chi connectivity index (χ4v) is 5.16. The molecule has 1 saturated heterocycles. The highest BCUT2D eigenvalue weighted by molar-refractivity contribution is 7.91. The smallest absolute Gasteiger partial charge is 0.309 e. The second-order valence-corrected chi connectivity index (χ2v) is 9.21. The minimum absolute atomic E-state index is 0.0388. The van der Waals surface area contributed by atoms with Gasteiger partial charge in [-0.3, -0.25) is 9.59 Å². The summed E-state index contributed by atoms with van der Waals surface area (Å²) in [6.07, 6.45) is 1.60. The zero-order valence-electron chi connectivity index (χ0n) is 14.4. The van der Waals surface area contributed by atoms with Crippen molar-refractivity contribution in [3.63, 3.8) is 0 Å². The van der Waals surface area contributed by atoms with Crippen LogP contribution in [0, 0.1) is 5.92 Å². The third-order valence-electron chi connectivity index (χ3n) is 4.24. The molecule has 25 heavy (non-hydrogen) atoms. The number of rotatable bonds is 7. The number of amides is 1. The molecule has 1 atom stereocenters. The van der Waals surface area contributed by atoms with Gasteiger partial charge < -0.3 is 10.1 Å². The lowest BCUT2D eigenvalue weighted by Gasteiger charge is -2.29. The molecule has 1 aromatic heterocycles. The summed E-state index contributed by atoms with van der Waals surface area (Å²) >= 11 is 1.18. The van der Waals surface area contributed by atoms with E-state index in [1.165, 1.54) is 15.6 Å². The number of thiophene rings is 1. The molecule has 1 N–H and O–H groups in total. The molecule has 1 fully saturated rings. The molecule has 0 aliphatic carbocycles. The van der Waals surface area contributed by atoms with E-state index in [1.54, 1.807) is 17.5 Å². The van der Waals surface area contributed by atoms with Crippen molar-refractivity contribution in [3.8, 4) is 0 Å². The number of hydrogen-bond acceptors (Lipinski definition) is 6. The maximum absolute atomic E-state index is 12.4. The fraction of sp³-hybridized carbons (Fsp3) is 0.625. The second kappa shape index (κ2) is 8.77. The van der Waals surface area contributed by atoms with Crippen molar-refractivity contribution < 1.29 is 22.7 Å². The predicted octanol–water partition coefficient (Wildman–Crippen LogP) is 1.61. The Kier molecular flexibility index (Phi) is 6.97. The number of esters is 1. The molecule has 0 bridgehead atoms. The van der Waals surface area contributed by atoms with Gasteiger partial charge in [-0.15, -0.1) is 11.3 Å². The zero-order valence-corrected chi connectivity index (χ0v) is 16.1. The molecule has 1 amide bonds. The van der Waals surface area contributed by atoms with E-state index in [9.17, 15) is 18.0 Å². The van der Waals surface area contributed by atoms with E-state index >= 15 is 0 Å². The quantitative estimate of drug-likeness (QED) is 0.717. The summed E-state index contributed by atoms with van der Waals surface area (Å²) in [5, 5.41) is 4.45. The molecule has 9 heteroatoms. The summed E-state index contributed by atoms with van der Waals surface area (Å²) in [5.74, 6) is -1.13. The van der Waals surface area contributed by atoms with Crippen molar-refractivity contribution in [2.24, 2.45) is 5.92 Å². The van der Waals surface area contributed by atoms with Gasteiger partial charge in [0, 0.05) is 19.1 Å². The average Bonchev–Trinajstić information content (AvgIpc) is 3.15. The van der Waals surface area contributed by atoms with Gasteiger partial charge in [0.15, 0.2) is 6.61 Å². The molecule has 140 valence electrons. The number of hydrogen-bond donors (Lipinski definition) is 1. The first kappa shape index (κ1) is 19.9. The van der Waals surface area contributed by atoms with Crippen LogP contribution in [0.4, 0.5) is 0 Å². The lowest BCUT2D eigenvalue weighted by Crippen LogP contribution is -2.41. The van der Waals surface area contributed by atoms with Gasteiger partial charge in [-0.1, -0.05) is 13.0 Å². The molecule has 2 rings (SSSR count). The lowest BCUT2D eigenvalue weighted by molar-refractivity contribution is -0.153. The largest absolute Gasteiger partial charge is 0.455 e. The first-order chi connectivity index (χ1) is 11.8. The van der Waals surface area contributed by atoms with E-state index in [2.05, 4.69) is 5.32 Å². The summed E-state index contributed by atoms with van der Waals surface area (Å²) in [7, 11) is -3.47. The monoisotopic (exact) mass is 388 g/mol. The van der Waals surface area contributed by atoms with Gasteiger partial charge in [-0.05, 0) is 37.6 Å². The van der Waals surface area contributed by atoms with Gasteiger partial charge in [0.05, 0.1) is 5.92 Å². The maximum atomic E-state index is 12.4. The van der Waals surface area contributed by atoms with E-state index in [0.717, 1.165) is 6.42 Å². The molecule has 0 unspecified atom stereocenters. The summed E-state index contributed by atoms with van der Waals surface area (Å²) in [4.78, 5) is 23.7. The normalized spacial score (nSPS) is 17.8.